The minimum Gasteiger partial charge on any atom is -0.352 e. The van der Waals surface area contributed by atoms with Crippen LogP contribution in [-0.4, -0.2) is 41.2 Å². The summed E-state index contributed by atoms with van der Waals surface area (Å²) < 4.78 is 0. The van der Waals surface area contributed by atoms with E-state index in [-0.39, 0.29) is 30.0 Å². The van der Waals surface area contributed by atoms with Gasteiger partial charge in [-0.1, -0.05) is 0 Å². The molecule has 3 amide bonds. The zero-order chi connectivity index (χ0) is 13.8. The van der Waals surface area contributed by atoms with Crippen LogP contribution in [0.25, 0.3) is 0 Å². The van der Waals surface area contributed by atoms with E-state index in [0.29, 0.717) is 17.4 Å². The van der Waals surface area contributed by atoms with Gasteiger partial charge in [0.2, 0.25) is 17.7 Å². The van der Waals surface area contributed by atoms with Crippen LogP contribution in [0.2, 0.25) is 0 Å². The van der Waals surface area contributed by atoms with Crippen molar-refractivity contribution in [3.8, 4) is 0 Å². The van der Waals surface area contributed by atoms with Crippen LogP contribution < -0.4 is 16.0 Å². The number of alkyl halides is 1. The molecule has 3 N–H and O–H groups in total. The summed E-state index contributed by atoms with van der Waals surface area (Å²) in [6, 6.07) is -0.443. The number of thiazole rings is 1. The third kappa shape index (κ3) is 3.65. The number of nitrogens with zero attached hydrogens (tertiary/aromatic N) is 1. The summed E-state index contributed by atoms with van der Waals surface area (Å²) in [6.45, 7) is 0.457. The highest BCUT2D eigenvalue weighted by Crippen LogP contribution is 2.15. The fourth-order valence-electron chi connectivity index (χ4n) is 1.41. The van der Waals surface area contributed by atoms with Crippen LogP contribution in [0.1, 0.15) is 5.69 Å². The molecule has 1 aliphatic heterocycles. The van der Waals surface area contributed by atoms with Gasteiger partial charge in [-0.05, 0) is 0 Å². The van der Waals surface area contributed by atoms with Crippen LogP contribution >= 0.6 is 22.9 Å². The number of amides is 3. The highest BCUT2D eigenvalue weighted by Gasteiger charge is 2.28. The van der Waals surface area contributed by atoms with E-state index >= 15 is 0 Å². The van der Waals surface area contributed by atoms with Gasteiger partial charge in [0.1, 0.15) is 11.9 Å². The van der Waals surface area contributed by atoms with E-state index in [1.165, 1.54) is 11.3 Å². The maximum absolute atomic E-state index is 11.6. The molecule has 0 spiro atoms. The number of aromatic nitrogens is 1. The minimum atomic E-state index is -0.443. The Bertz CT molecular complexity index is 519. The summed E-state index contributed by atoms with van der Waals surface area (Å²) in [6.07, 6.45) is 0.0665. The summed E-state index contributed by atoms with van der Waals surface area (Å²) in [4.78, 5) is 37.7. The van der Waals surface area contributed by atoms with Crippen molar-refractivity contribution in [1.82, 2.24) is 15.6 Å². The maximum Gasteiger partial charge on any atom is 0.244 e. The van der Waals surface area contributed by atoms with E-state index in [1.54, 1.807) is 5.38 Å². The van der Waals surface area contributed by atoms with Gasteiger partial charge in [-0.25, -0.2) is 4.98 Å². The third-order valence-electron chi connectivity index (χ3n) is 2.39. The molecule has 9 heteroatoms. The van der Waals surface area contributed by atoms with E-state index in [0.717, 1.165) is 0 Å². The van der Waals surface area contributed by atoms with Crippen LogP contribution in [0, 0.1) is 0 Å². The molecule has 1 unspecified atom stereocenters. The standard InChI is InChI=1S/C10H11ClN4O3S/c11-2-8(17)15-10-13-5(4-19-10)1-7(16)14-6-3-12-9(6)18/h4,6H,1-3H2,(H,12,18)(H,14,16)(H,13,15,17). The Morgan fingerprint density at radius 2 is 2.32 bits per heavy atom. The Morgan fingerprint density at radius 3 is 2.89 bits per heavy atom. The highest BCUT2D eigenvalue weighted by molar-refractivity contribution is 7.14. The molecule has 1 saturated heterocycles. The minimum absolute atomic E-state index is 0.0665. The molecule has 0 radical (unpaired) electrons. The smallest absolute Gasteiger partial charge is 0.244 e. The Labute approximate surface area is 117 Å². The van der Waals surface area contributed by atoms with Gasteiger partial charge >= 0.3 is 0 Å². The summed E-state index contributed by atoms with van der Waals surface area (Å²) in [5.41, 5.74) is 0.534. The van der Waals surface area contributed by atoms with E-state index in [4.69, 9.17) is 11.6 Å². The lowest BCUT2D eigenvalue weighted by Crippen LogP contribution is -2.61. The number of carbonyl (C=O) groups excluding carboxylic acids is 3. The van der Waals surface area contributed by atoms with Gasteiger partial charge in [0.25, 0.3) is 0 Å². The summed E-state index contributed by atoms with van der Waals surface area (Å²) in [5.74, 6) is -0.952. The van der Waals surface area contributed by atoms with Crippen LogP contribution in [-0.2, 0) is 20.8 Å². The van der Waals surface area contributed by atoms with Gasteiger partial charge in [0.05, 0.1) is 12.1 Å². The van der Waals surface area contributed by atoms with Crippen LogP contribution in [0.3, 0.4) is 0 Å². The molecule has 0 aromatic carbocycles. The molecule has 1 aromatic heterocycles. The van der Waals surface area contributed by atoms with Crippen molar-refractivity contribution < 1.29 is 14.4 Å². The Balaban J connectivity index is 1.83. The molecule has 1 fully saturated rings. The summed E-state index contributed by atoms with van der Waals surface area (Å²) in [7, 11) is 0. The maximum atomic E-state index is 11.6. The van der Waals surface area contributed by atoms with Crippen molar-refractivity contribution in [2.75, 3.05) is 17.7 Å². The van der Waals surface area contributed by atoms with Crippen molar-refractivity contribution in [1.29, 1.82) is 0 Å². The van der Waals surface area contributed by atoms with Crippen molar-refractivity contribution in [3.63, 3.8) is 0 Å². The van der Waals surface area contributed by atoms with E-state index in [2.05, 4.69) is 20.9 Å². The van der Waals surface area contributed by atoms with Gasteiger partial charge in [-0.3, -0.25) is 14.4 Å². The number of nitrogens with one attached hydrogen (secondary N) is 3. The molecule has 0 saturated carbocycles. The fraction of sp³-hybridized carbons (Fsp3) is 0.400. The zero-order valence-electron chi connectivity index (χ0n) is 9.73. The number of carbonyl (C=O) groups is 3. The molecule has 1 atom stereocenters. The van der Waals surface area contributed by atoms with E-state index < -0.39 is 6.04 Å². The molecular formula is C10H11ClN4O3S. The first kappa shape index (κ1) is 13.8. The van der Waals surface area contributed by atoms with Crippen LogP contribution in [0.15, 0.2) is 5.38 Å². The predicted octanol–water partition coefficient (Wildman–Crippen LogP) is -0.522. The van der Waals surface area contributed by atoms with Gasteiger partial charge in [0, 0.05) is 11.9 Å². The third-order valence-corrected chi connectivity index (χ3v) is 3.44. The molecule has 7 nitrogen and oxygen atoms in total. The largest absolute Gasteiger partial charge is 0.352 e. The number of β-lactam (4-membered cyclic amide) rings is 1. The highest BCUT2D eigenvalue weighted by atomic mass is 35.5. The number of hydrogen-bond acceptors (Lipinski definition) is 5. The van der Waals surface area contributed by atoms with Gasteiger partial charge in [-0.2, -0.15) is 0 Å². The van der Waals surface area contributed by atoms with E-state index in [9.17, 15) is 14.4 Å². The zero-order valence-corrected chi connectivity index (χ0v) is 11.3. The molecule has 1 aliphatic rings. The first-order chi connectivity index (χ1) is 9.08. The molecule has 0 aliphatic carbocycles. The number of rotatable bonds is 5. The fourth-order valence-corrected chi connectivity index (χ4v) is 2.21. The summed E-state index contributed by atoms with van der Waals surface area (Å²) in [5, 5.41) is 9.68. The molecule has 19 heavy (non-hydrogen) atoms. The average Bonchev–Trinajstić information content (AvgIpc) is 2.81. The quantitative estimate of drug-likeness (QED) is 0.503. The molecule has 2 heterocycles. The lowest BCUT2D eigenvalue weighted by Gasteiger charge is -2.26. The predicted molar refractivity (Wildman–Crippen MR) is 70.1 cm³/mol. The van der Waals surface area contributed by atoms with Crippen LogP contribution in [0.5, 0.6) is 0 Å². The van der Waals surface area contributed by atoms with Crippen LogP contribution in [0.4, 0.5) is 5.13 Å². The second kappa shape index (κ2) is 5.98. The lowest BCUT2D eigenvalue weighted by molar-refractivity contribution is -0.133. The van der Waals surface area contributed by atoms with Gasteiger partial charge < -0.3 is 16.0 Å². The van der Waals surface area contributed by atoms with Crippen molar-refractivity contribution in [2.45, 2.75) is 12.5 Å². The van der Waals surface area contributed by atoms with E-state index in [1.807, 2.05) is 0 Å². The topological polar surface area (TPSA) is 100 Å². The van der Waals surface area contributed by atoms with Crippen molar-refractivity contribution in [3.05, 3.63) is 11.1 Å². The first-order valence-corrected chi connectivity index (χ1v) is 6.87. The molecule has 1 aromatic rings. The molecule has 0 bridgehead atoms. The summed E-state index contributed by atoms with van der Waals surface area (Å²) >= 11 is 6.56. The second-order valence-corrected chi connectivity index (χ2v) is 4.99. The second-order valence-electron chi connectivity index (χ2n) is 3.87. The Hall–Kier alpha value is -1.67. The lowest BCUT2D eigenvalue weighted by atomic mass is 10.1. The Morgan fingerprint density at radius 1 is 1.53 bits per heavy atom. The molecule has 2 rings (SSSR count). The number of halogens is 1. The average molecular weight is 303 g/mol. The van der Waals surface area contributed by atoms with Crippen molar-refractivity contribution in [2.24, 2.45) is 0 Å². The number of anilines is 1. The Kier molecular flexibility index (Phi) is 4.33. The number of hydrogen-bond donors (Lipinski definition) is 3. The van der Waals surface area contributed by atoms with Crippen molar-refractivity contribution >= 4 is 45.8 Å². The molecular weight excluding hydrogens is 292 g/mol. The SMILES string of the molecule is O=C(CCl)Nc1nc(CC(=O)NC2CNC2=O)cs1. The monoisotopic (exact) mass is 302 g/mol. The van der Waals surface area contributed by atoms with Gasteiger partial charge in [0.15, 0.2) is 5.13 Å². The van der Waals surface area contributed by atoms with Gasteiger partial charge in [-0.15, -0.1) is 22.9 Å². The normalized spacial score (nSPS) is 17.3. The first-order valence-electron chi connectivity index (χ1n) is 5.46. The molecule has 102 valence electrons.